The Bertz CT molecular complexity index is 347. The number of carbonyl (C=O) groups is 2. The molecule has 0 atom stereocenters. The van der Waals surface area contributed by atoms with E-state index in [1.165, 1.54) is 6.08 Å². The van der Waals surface area contributed by atoms with E-state index in [1.807, 2.05) is 30.3 Å². The molecule has 0 saturated heterocycles. The van der Waals surface area contributed by atoms with E-state index in [2.05, 4.69) is 10.6 Å². The van der Waals surface area contributed by atoms with Crippen LogP contribution in [0, 0.1) is 0 Å². The molecule has 0 spiro atoms. The molecule has 0 aromatic heterocycles. The molecular formula is C11H12N2O2. The van der Waals surface area contributed by atoms with Crippen LogP contribution >= 0.6 is 0 Å². The Hall–Kier alpha value is -2.10. The Morgan fingerprint density at radius 1 is 1.20 bits per heavy atom. The highest BCUT2D eigenvalue weighted by atomic mass is 16.1. The van der Waals surface area contributed by atoms with Gasteiger partial charge in [-0.1, -0.05) is 30.3 Å². The summed E-state index contributed by atoms with van der Waals surface area (Å²) in [7, 11) is 0. The summed E-state index contributed by atoms with van der Waals surface area (Å²) in [4.78, 5) is 20.4. The Labute approximate surface area is 88.0 Å². The molecule has 78 valence electrons. The van der Waals surface area contributed by atoms with Gasteiger partial charge in [-0.3, -0.25) is 9.59 Å². The van der Waals surface area contributed by atoms with Gasteiger partial charge in [0.05, 0.1) is 0 Å². The summed E-state index contributed by atoms with van der Waals surface area (Å²) in [5.74, 6) is 0.392. The molecule has 0 radical (unpaired) electrons. The zero-order valence-electron chi connectivity index (χ0n) is 8.14. The summed E-state index contributed by atoms with van der Waals surface area (Å²) in [6.45, 7) is 0.557. The topological polar surface area (TPSA) is 58.2 Å². The lowest BCUT2D eigenvalue weighted by molar-refractivity contribution is -0.109. The third-order valence-corrected chi connectivity index (χ3v) is 1.77. The van der Waals surface area contributed by atoms with Crippen LogP contribution in [0.2, 0.25) is 0 Å². The van der Waals surface area contributed by atoms with Gasteiger partial charge in [0.25, 0.3) is 0 Å². The van der Waals surface area contributed by atoms with E-state index in [0.717, 1.165) is 5.56 Å². The molecule has 0 saturated carbocycles. The monoisotopic (exact) mass is 204 g/mol. The lowest BCUT2D eigenvalue weighted by atomic mass is 10.2. The summed E-state index contributed by atoms with van der Waals surface area (Å²) in [6.07, 6.45) is 2.40. The van der Waals surface area contributed by atoms with E-state index in [9.17, 15) is 9.59 Å². The van der Waals surface area contributed by atoms with Crippen LogP contribution in [0.1, 0.15) is 5.56 Å². The number of allylic oxidation sites excluding steroid dienone is 1. The number of benzene rings is 1. The highest BCUT2D eigenvalue weighted by molar-refractivity contribution is 5.67. The summed E-state index contributed by atoms with van der Waals surface area (Å²) in [5.41, 5.74) is 1.07. The number of rotatable bonds is 6. The van der Waals surface area contributed by atoms with E-state index in [-0.39, 0.29) is 0 Å². The molecular weight excluding hydrogens is 192 g/mol. The van der Waals surface area contributed by atoms with Crippen LogP contribution < -0.4 is 10.6 Å². The Morgan fingerprint density at radius 3 is 2.53 bits per heavy atom. The fourth-order valence-electron chi connectivity index (χ4n) is 1.08. The molecule has 1 rings (SSSR count). The van der Waals surface area contributed by atoms with Gasteiger partial charge in [-0.15, -0.1) is 0 Å². The van der Waals surface area contributed by atoms with Crippen molar-refractivity contribution in [3.8, 4) is 0 Å². The number of nitrogens with one attached hydrogen (secondary N) is 2. The fourth-order valence-corrected chi connectivity index (χ4v) is 1.08. The molecule has 4 heteroatoms. The number of carbonyl (C=O) groups excluding carboxylic acids is 2. The molecule has 0 bridgehead atoms. The molecule has 1 aromatic rings. The predicted molar refractivity (Wildman–Crippen MR) is 56.6 cm³/mol. The van der Waals surface area contributed by atoms with E-state index >= 15 is 0 Å². The second-order valence-corrected chi connectivity index (χ2v) is 2.82. The van der Waals surface area contributed by atoms with Crippen molar-refractivity contribution in [2.24, 2.45) is 0 Å². The first-order valence-electron chi connectivity index (χ1n) is 4.50. The van der Waals surface area contributed by atoms with Crippen molar-refractivity contribution in [2.45, 2.75) is 6.54 Å². The van der Waals surface area contributed by atoms with Crippen LogP contribution in [0.15, 0.2) is 42.2 Å². The van der Waals surface area contributed by atoms with Gasteiger partial charge in [0.1, 0.15) is 12.1 Å². The minimum absolute atomic E-state index is 0.392. The molecule has 15 heavy (non-hydrogen) atoms. The van der Waals surface area contributed by atoms with Gasteiger partial charge in [0, 0.05) is 12.6 Å². The lowest BCUT2D eigenvalue weighted by Crippen LogP contribution is -2.25. The highest BCUT2D eigenvalue weighted by Gasteiger charge is 1.94. The average molecular weight is 204 g/mol. The van der Waals surface area contributed by atoms with E-state index in [1.54, 1.807) is 0 Å². The van der Waals surface area contributed by atoms with Gasteiger partial charge in [0.2, 0.25) is 6.41 Å². The van der Waals surface area contributed by atoms with E-state index in [0.29, 0.717) is 25.1 Å². The van der Waals surface area contributed by atoms with Crippen molar-refractivity contribution in [2.75, 3.05) is 0 Å². The minimum atomic E-state index is 0.392. The van der Waals surface area contributed by atoms with Gasteiger partial charge in [0.15, 0.2) is 0 Å². The van der Waals surface area contributed by atoms with Gasteiger partial charge < -0.3 is 10.6 Å². The van der Waals surface area contributed by atoms with Crippen LogP contribution in [-0.4, -0.2) is 12.7 Å². The first-order valence-corrected chi connectivity index (χ1v) is 4.50. The minimum Gasteiger partial charge on any atom is -0.367 e. The third kappa shape index (κ3) is 4.08. The first kappa shape index (κ1) is 11.0. The van der Waals surface area contributed by atoms with Crippen LogP contribution in [0.4, 0.5) is 0 Å². The third-order valence-electron chi connectivity index (χ3n) is 1.77. The zero-order chi connectivity index (χ0) is 10.9. The molecule has 1 aromatic carbocycles. The molecule has 0 aliphatic rings. The van der Waals surface area contributed by atoms with Gasteiger partial charge in [-0.05, 0) is 5.56 Å². The van der Waals surface area contributed by atoms with Crippen molar-refractivity contribution in [1.82, 2.24) is 10.6 Å². The zero-order valence-corrected chi connectivity index (χ0v) is 8.14. The van der Waals surface area contributed by atoms with Crippen LogP contribution in [0.3, 0.4) is 0 Å². The molecule has 1 amide bonds. The molecule has 0 aliphatic heterocycles. The van der Waals surface area contributed by atoms with Crippen molar-refractivity contribution in [3.05, 3.63) is 47.8 Å². The molecule has 0 unspecified atom stereocenters. The first-order chi connectivity index (χ1) is 7.36. The maximum atomic E-state index is 10.2. The Morgan fingerprint density at radius 2 is 1.93 bits per heavy atom. The number of hydrogen-bond donors (Lipinski definition) is 2. The Kier molecular flexibility index (Phi) is 4.66. The number of amides is 1. The van der Waals surface area contributed by atoms with E-state index in [4.69, 9.17) is 0 Å². The van der Waals surface area contributed by atoms with Crippen LogP contribution in [0.5, 0.6) is 0 Å². The predicted octanol–water partition coefficient (Wildman–Crippen LogP) is 0.562. The molecule has 0 heterocycles. The summed E-state index contributed by atoms with van der Waals surface area (Å²) < 4.78 is 0. The number of aldehydes is 1. The van der Waals surface area contributed by atoms with Gasteiger partial charge in [-0.25, -0.2) is 0 Å². The smallest absolute Gasteiger partial charge is 0.212 e. The summed E-state index contributed by atoms with van der Waals surface area (Å²) >= 11 is 0. The quantitative estimate of drug-likeness (QED) is 0.526. The van der Waals surface area contributed by atoms with Crippen LogP contribution in [-0.2, 0) is 16.1 Å². The SMILES string of the molecule is O=C/C=C(\NC=O)NCc1ccccc1. The van der Waals surface area contributed by atoms with Crippen molar-refractivity contribution in [1.29, 1.82) is 0 Å². The maximum absolute atomic E-state index is 10.2. The maximum Gasteiger partial charge on any atom is 0.212 e. The second kappa shape index (κ2) is 6.37. The molecule has 2 N–H and O–H groups in total. The lowest BCUT2D eigenvalue weighted by Gasteiger charge is -2.08. The van der Waals surface area contributed by atoms with Gasteiger partial charge >= 0.3 is 0 Å². The normalized spacial score (nSPS) is 10.5. The second-order valence-electron chi connectivity index (χ2n) is 2.82. The molecule has 4 nitrogen and oxygen atoms in total. The average Bonchev–Trinajstić information content (AvgIpc) is 2.28. The summed E-state index contributed by atoms with van der Waals surface area (Å²) in [5, 5.41) is 5.32. The Balaban J connectivity index is 2.50. The highest BCUT2D eigenvalue weighted by Crippen LogP contribution is 1.97. The largest absolute Gasteiger partial charge is 0.367 e. The van der Waals surface area contributed by atoms with Gasteiger partial charge in [-0.2, -0.15) is 0 Å². The van der Waals surface area contributed by atoms with Crippen molar-refractivity contribution < 1.29 is 9.59 Å². The summed E-state index contributed by atoms with van der Waals surface area (Å²) in [6, 6.07) is 9.68. The standard InChI is InChI=1S/C11H12N2O2/c14-7-6-11(13-9-15)12-8-10-4-2-1-3-5-10/h1-7,9,12H,8H2,(H,13,15)/b11-6-. The van der Waals surface area contributed by atoms with Crippen LogP contribution in [0.25, 0.3) is 0 Å². The van der Waals surface area contributed by atoms with Crippen molar-refractivity contribution in [3.63, 3.8) is 0 Å². The molecule has 0 fully saturated rings. The molecule has 0 aliphatic carbocycles. The fraction of sp³-hybridized carbons (Fsp3) is 0.0909. The number of hydrogen-bond acceptors (Lipinski definition) is 3. The van der Waals surface area contributed by atoms with E-state index < -0.39 is 0 Å². The van der Waals surface area contributed by atoms with Crippen molar-refractivity contribution >= 4 is 12.7 Å².